The SMILES string of the molecule is Cc1cc(O)cc(OC(=O)c2ccc(O)c(O)c2O)c1. The summed E-state index contributed by atoms with van der Waals surface area (Å²) in [6, 6.07) is 6.42. The molecule has 0 aliphatic heterocycles. The highest BCUT2D eigenvalue weighted by Gasteiger charge is 2.19. The highest BCUT2D eigenvalue weighted by Crippen LogP contribution is 2.37. The van der Waals surface area contributed by atoms with Crippen molar-refractivity contribution in [3.05, 3.63) is 41.5 Å². The molecule has 0 fully saturated rings. The number of hydrogen-bond donors (Lipinski definition) is 4. The Morgan fingerprint density at radius 2 is 1.70 bits per heavy atom. The molecule has 0 radical (unpaired) electrons. The lowest BCUT2D eigenvalue weighted by Crippen LogP contribution is -2.08. The van der Waals surface area contributed by atoms with Gasteiger partial charge in [0.2, 0.25) is 5.75 Å². The molecule has 0 heterocycles. The standard InChI is InChI=1S/C14H12O6/c1-7-4-8(15)6-9(5-7)20-14(19)10-2-3-11(16)13(18)12(10)17/h2-6,15-18H,1H3. The summed E-state index contributed by atoms with van der Waals surface area (Å²) in [7, 11) is 0. The number of phenolic OH excluding ortho intramolecular Hbond substituents is 4. The van der Waals surface area contributed by atoms with Crippen molar-refractivity contribution in [1.29, 1.82) is 0 Å². The Morgan fingerprint density at radius 3 is 2.35 bits per heavy atom. The number of esters is 1. The smallest absolute Gasteiger partial charge is 0.347 e. The summed E-state index contributed by atoms with van der Waals surface area (Å²) in [6.45, 7) is 1.71. The first-order chi connectivity index (χ1) is 9.38. The molecule has 4 N–H and O–H groups in total. The molecule has 2 rings (SSSR count). The van der Waals surface area contributed by atoms with E-state index in [1.807, 2.05) is 0 Å². The van der Waals surface area contributed by atoms with Crippen LogP contribution in [0.4, 0.5) is 0 Å². The van der Waals surface area contributed by atoms with Gasteiger partial charge in [0.15, 0.2) is 11.5 Å². The second-order valence-corrected chi connectivity index (χ2v) is 4.22. The van der Waals surface area contributed by atoms with Gasteiger partial charge in [0.1, 0.15) is 17.1 Å². The Kier molecular flexibility index (Phi) is 3.39. The van der Waals surface area contributed by atoms with Crippen molar-refractivity contribution in [2.24, 2.45) is 0 Å². The molecule has 20 heavy (non-hydrogen) atoms. The van der Waals surface area contributed by atoms with Crippen LogP contribution in [-0.4, -0.2) is 26.4 Å². The van der Waals surface area contributed by atoms with Crippen LogP contribution in [-0.2, 0) is 0 Å². The summed E-state index contributed by atoms with van der Waals surface area (Å²) in [5.74, 6) is -3.02. The maximum Gasteiger partial charge on any atom is 0.347 e. The second kappa shape index (κ2) is 5.00. The van der Waals surface area contributed by atoms with Gasteiger partial charge in [-0.3, -0.25) is 0 Å². The molecule has 104 valence electrons. The van der Waals surface area contributed by atoms with Gasteiger partial charge < -0.3 is 25.2 Å². The van der Waals surface area contributed by atoms with Crippen LogP contribution >= 0.6 is 0 Å². The molecule has 0 amide bonds. The molecular weight excluding hydrogens is 264 g/mol. The summed E-state index contributed by atoms with van der Waals surface area (Å²) in [6.07, 6.45) is 0. The van der Waals surface area contributed by atoms with Gasteiger partial charge in [0.05, 0.1) is 0 Å². The largest absolute Gasteiger partial charge is 0.508 e. The number of benzene rings is 2. The van der Waals surface area contributed by atoms with Crippen LogP contribution in [0, 0.1) is 6.92 Å². The minimum absolute atomic E-state index is 0.0643. The number of hydrogen-bond acceptors (Lipinski definition) is 6. The van der Waals surface area contributed by atoms with E-state index < -0.39 is 23.2 Å². The maximum absolute atomic E-state index is 11.9. The van der Waals surface area contributed by atoms with Crippen LogP contribution in [0.25, 0.3) is 0 Å². The second-order valence-electron chi connectivity index (χ2n) is 4.22. The van der Waals surface area contributed by atoms with E-state index >= 15 is 0 Å². The number of rotatable bonds is 2. The predicted octanol–water partition coefficient (Wildman–Crippen LogP) is 2.04. The van der Waals surface area contributed by atoms with Crippen LogP contribution < -0.4 is 4.74 Å². The third-order valence-electron chi connectivity index (χ3n) is 2.60. The number of carbonyl (C=O) groups excluding carboxylic acids is 1. The van der Waals surface area contributed by atoms with Gasteiger partial charge in [0.25, 0.3) is 0 Å². The van der Waals surface area contributed by atoms with Crippen LogP contribution in [0.2, 0.25) is 0 Å². The van der Waals surface area contributed by atoms with Crippen molar-refractivity contribution in [2.75, 3.05) is 0 Å². The normalized spacial score (nSPS) is 10.2. The van der Waals surface area contributed by atoms with E-state index in [0.717, 1.165) is 12.1 Å². The Morgan fingerprint density at radius 1 is 1.00 bits per heavy atom. The first kappa shape index (κ1) is 13.5. The first-order valence-corrected chi connectivity index (χ1v) is 5.65. The summed E-state index contributed by atoms with van der Waals surface area (Å²) < 4.78 is 4.99. The fourth-order valence-electron chi connectivity index (χ4n) is 1.68. The highest BCUT2D eigenvalue weighted by atomic mass is 16.5. The maximum atomic E-state index is 11.9. The van der Waals surface area contributed by atoms with Crippen LogP contribution in [0.1, 0.15) is 15.9 Å². The van der Waals surface area contributed by atoms with Crippen molar-refractivity contribution >= 4 is 5.97 Å². The van der Waals surface area contributed by atoms with Crippen molar-refractivity contribution in [3.63, 3.8) is 0 Å². The number of aryl methyl sites for hydroxylation is 1. The first-order valence-electron chi connectivity index (χ1n) is 5.65. The van der Waals surface area contributed by atoms with Gasteiger partial charge in [-0.05, 0) is 36.8 Å². The molecule has 0 atom stereocenters. The molecule has 0 bridgehead atoms. The summed E-state index contributed by atoms with van der Waals surface area (Å²) in [5, 5.41) is 37.5. The van der Waals surface area contributed by atoms with E-state index in [1.54, 1.807) is 6.92 Å². The average Bonchev–Trinajstić information content (AvgIpc) is 2.34. The van der Waals surface area contributed by atoms with Crippen LogP contribution in [0.15, 0.2) is 30.3 Å². The molecule has 0 unspecified atom stereocenters. The molecule has 0 saturated heterocycles. The zero-order valence-corrected chi connectivity index (χ0v) is 10.5. The van der Waals surface area contributed by atoms with Crippen LogP contribution in [0.3, 0.4) is 0 Å². The fraction of sp³-hybridized carbons (Fsp3) is 0.0714. The van der Waals surface area contributed by atoms with E-state index in [4.69, 9.17) is 4.74 Å². The van der Waals surface area contributed by atoms with Crippen molar-refractivity contribution in [2.45, 2.75) is 6.92 Å². The van der Waals surface area contributed by atoms with E-state index in [0.29, 0.717) is 5.56 Å². The summed E-state index contributed by atoms with van der Waals surface area (Å²) >= 11 is 0. The molecule has 0 aliphatic rings. The Balaban J connectivity index is 2.31. The van der Waals surface area contributed by atoms with Gasteiger partial charge in [-0.25, -0.2) is 4.79 Å². The van der Waals surface area contributed by atoms with Crippen LogP contribution in [0.5, 0.6) is 28.7 Å². The lowest BCUT2D eigenvalue weighted by atomic mass is 10.1. The van der Waals surface area contributed by atoms with E-state index in [2.05, 4.69) is 0 Å². The van der Waals surface area contributed by atoms with Gasteiger partial charge in [-0.2, -0.15) is 0 Å². The summed E-state index contributed by atoms with van der Waals surface area (Å²) in [5.41, 5.74) is 0.381. The molecule has 6 nitrogen and oxygen atoms in total. The lowest BCUT2D eigenvalue weighted by Gasteiger charge is -2.08. The van der Waals surface area contributed by atoms with Gasteiger partial charge >= 0.3 is 5.97 Å². The van der Waals surface area contributed by atoms with Crippen molar-refractivity contribution in [3.8, 4) is 28.7 Å². The molecule has 0 aromatic heterocycles. The minimum Gasteiger partial charge on any atom is -0.508 e. The zero-order chi connectivity index (χ0) is 14.9. The minimum atomic E-state index is -0.928. The third kappa shape index (κ3) is 2.59. The van der Waals surface area contributed by atoms with E-state index in [9.17, 15) is 25.2 Å². The zero-order valence-electron chi connectivity index (χ0n) is 10.5. The quantitative estimate of drug-likeness (QED) is 0.380. The van der Waals surface area contributed by atoms with E-state index in [-0.39, 0.29) is 17.1 Å². The number of ether oxygens (including phenoxy) is 1. The summed E-state index contributed by atoms with van der Waals surface area (Å²) in [4.78, 5) is 11.9. The molecule has 0 saturated carbocycles. The monoisotopic (exact) mass is 276 g/mol. The van der Waals surface area contributed by atoms with E-state index in [1.165, 1.54) is 18.2 Å². The topological polar surface area (TPSA) is 107 Å². The van der Waals surface area contributed by atoms with Gasteiger partial charge in [-0.1, -0.05) is 0 Å². The molecular formula is C14H12O6. The predicted molar refractivity (Wildman–Crippen MR) is 69.2 cm³/mol. The van der Waals surface area contributed by atoms with Crippen molar-refractivity contribution in [1.82, 2.24) is 0 Å². The molecule has 2 aromatic rings. The number of phenols is 4. The number of carbonyl (C=O) groups is 1. The van der Waals surface area contributed by atoms with Gasteiger partial charge in [-0.15, -0.1) is 0 Å². The Bertz CT molecular complexity index is 657. The number of aromatic hydroxyl groups is 4. The lowest BCUT2D eigenvalue weighted by molar-refractivity contribution is 0.0730. The molecule has 2 aromatic carbocycles. The molecule has 0 spiro atoms. The third-order valence-corrected chi connectivity index (χ3v) is 2.60. The van der Waals surface area contributed by atoms with Gasteiger partial charge in [0, 0.05) is 6.07 Å². The molecule has 6 heteroatoms. The Labute approximate surface area is 114 Å². The fourth-order valence-corrected chi connectivity index (χ4v) is 1.68. The highest BCUT2D eigenvalue weighted by molar-refractivity contribution is 5.95. The molecule has 0 aliphatic carbocycles. The average molecular weight is 276 g/mol. The van der Waals surface area contributed by atoms with Crippen molar-refractivity contribution < 1.29 is 30.0 Å². The Hall–Kier alpha value is -2.89.